The summed E-state index contributed by atoms with van der Waals surface area (Å²) in [5.41, 5.74) is -0.661. The van der Waals surface area contributed by atoms with Crippen LogP contribution in [0.25, 0.3) is 0 Å². The van der Waals surface area contributed by atoms with Crippen molar-refractivity contribution in [3.8, 4) is 0 Å². The summed E-state index contributed by atoms with van der Waals surface area (Å²) in [6, 6.07) is 0.129. The SMILES string of the molecule is CN=C(NCc1noc(C(C)(C)C)n1)NC1CN(C(=O)OC(C)(C)C)C1.I. The highest BCUT2D eigenvalue weighted by Crippen LogP contribution is 2.19. The zero-order valence-corrected chi connectivity index (χ0v) is 19.5. The average Bonchev–Trinajstić information content (AvgIpc) is 2.92. The molecule has 2 N–H and O–H groups in total. The van der Waals surface area contributed by atoms with E-state index in [9.17, 15) is 4.79 Å². The summed E-state index contributed by atoms with van der Waals surface area (Å²) >= 11 is 0. The molecule has 0 radical (unpaired) electrons. The second-order valence-corrected chi connectivity index (χ2v) is 8.42. The molecule has 1 fully saturated rings. The lowest BCUT2D eigenvalue weighted by Gasteiger charge is -2.40. The molecule has 0 unspecified atom stereocenters. The molecule has 154 valence electrons. The molecule has 27 heavy (non-hydrogen) atoms. The molecule has 1 aliphatic rings. The van der Waals surface area contributed by atoms with Crippen LogP contribution < -0.4 is 10.6 Å². The van der Waals surface area contributed by atoms with Gasteiger partial charge < -0.3 is 24.8 Å². The molecule has 0 aromatic carbocycles. The molecule has 10 heteroatoms. The number of nitrogens with zero attached hydrogens (tertiary/aromatic N) is 4. The van der Waals surface area contributed by atoms with E-state index in [4.69, 9.17) is 9.26 Å². The minimum atomic E-state index is -0.482. The monoisotopic (exact) mass is 494 g/mol. The van der Waals surface area contributed by atoms with Crippen molar-refractivity contribution in [1.82, 2.24) is 25.7 Å². The summed E-state index contributed by atoms with van der Waals surface area (Å²) in [6.07, 6.45) is -0.292. The van der Waals surface area contributed by atoms with Gasteiger partial charge in [-0.15, -0.1) is 24.0 Å². The van der Waals surface area contributed by atoms with Crippen molar-refractivity contribution in [3.63, 3.8) is 0 Å². The molecule has 0 aliphatic carbocycles. The Morgan fingerprint density at radius 1 is 1.30 bits per heavy atom. The molecular weight excluding hydrogens is 463 g/mol. The van der Waals surface area contributed by atoms with Crippen LogP contribution in [0.1, 0.15) is 53.3 Å². The number of carbonyl (C=O) groups is 1. The first kappa shape index (κ1) is 23.4. The average molecular weight is 494 g/mol. The molecule has 9 nitrogen and oxygen atoms in total. The van der Waals surface area contributed by atoms with Crippen molar-refractivity contribution < 1.29 is 14.1 Å². The summed E-state index contributed by atoms with van der Waals surface area (Å²) < 4.78 is 10.6. The van der Waals surface area contributed by atoms with E-state index in [-0.39, 0.29) is 41.5 Å². The molecular formula is C17H31IN6O3. The number of carbonyl (C=O) groups excluding carboxylic acids is 1. The molecule has 0 atom stereocenters. The smallest absolute Gasteiger partial charge is 0.410 e. The molecule has 0 saturated carbocycles. The van der Waals surface area contributed by atoms with Crippen LogP contribution in [0.2, 0.25) is 0 Å². The summed E-state index contributed by atoms with van der Waals surface area (Å²) in [4.78, 5) is 22.2. The van der Waals surface area contributed by atoms with Crippen LogP contribution in [0.15, 0.2) is 9.52 Å². The quantitative estimate of drug-likeness (QED) is 0.378. The molecule has 1 amide bonds. The van der Waals surface area contributed by atoms with Gasteiger partial charge in [-0.3, -0.25) is 4.99 Å². The minimum absolute atomic E-state index is 0. The molecule has 1 aromatic rings. The number of aromatic nitrogens is 2. The van der Waals surface area contributed by atoms with Crippen molar-refractivity contribution in [3.05, 3.63) is 11.7 Å². The van der Waals surface area contributed by atoms with Crippen LogP contribution in [0.3, 0.4) is 0 Å². The lowest BCUT2D eigenvalue weighted by Crippen LogP contribution is -2.63. The Balaban J connectivity index is 0.00000364. The van der Waals surface area contributed by atoms with Gasteiger partial charge in [0.25, 0.3) is 0 Å². The maximum atomic E-state index is 11.9. The van der Waals surface area contributed by atoms with E-state index < -0.39 is 5.60 Å². The van der Waals surface area contributed by atoms with E-state index in [1.165, 1.54) is 0 Å². The molecule has 1 aliphatic heterocycles. The van der Waals surface area contributed by atoms with Crippen LogP contribution in [-0.4, -0.2) is 58.9 Å². The summed E-state index contributed by atoms with van der Waals surface area (Å²) in [5, 5.41) is 10.4. The number of amides is 1. The standard InChI is InChI=1S/C17H30N6O3.HI/c1-16(2,3)13-21-12(22-26-13)8-19-14(18-7)20-11-9-23(10-11)15(24)25-17(4,5)6;/h11H,8-10H2,1-7H3,(H2,18,19,20);1H. The van der Waals surface area contributed by atoms with Crippen LogP contribution in [-0.2, 0) is 16.7 Å². The van der Waals surface area contributed by atoms with Crippen LogP contribution >= 0.6 is 24.0 Å². The van der Waals surface area contributed by atoms with Gasteiger partial charge in [0.15, 0.2) is 11.8 Å². The lowest BCUT2D eigenvalue weighted by atomic mass is 9.97. The van der Waals surface area contributed by atoms with Gasteiger partial charge in [0.05, 0.1) is 12.6 Å². The zero-order chi connectivity index (χ0) is 19.5. The van der Waals surface area contributed by atoms with Crippen molar-refractivity contribution in [2.45, 2.75) is 65.1 Å². The number of hydrogen-bond acceptors (Lipinski definition) is 6. The van der Waals surface area contributed by atoms with Gasteiger partial charge in [-0.2, -0.15) is 4.98 Å². The molecule has 1 saturated heterocycles. The maximum Gasteiger partial charge on any atom is 0.410 e. The van der Waals surface area contributed by atoms with Gasteiger partial charge in [-0.05, 0) is 20.8 Å². The Hall–Kier alpha value is -1.59. The number of rotatable bonds is 3. The molecule has 1 aromatic heterocycles. The minimum Gasteiger partial charge on any atom is -0.444 e. The van der Waals surface area contributed by atoms with Crippen molar-refractivity contribution in [2.75, 3.05) is 20.1 Å². The number of guanidine groups is 1. The van der Waals surface area contributed by atoms with Gasteiger partial charge in [-0.25, -0.2) is 4.79 Å². The van der Waals surface area contributed by atoms with Crippen molar-refractivity contribution in [2.24, 2.45) is 4.99 Å². The second-order valence-electron chi connectivity index (χ2n) is 8.42. The molecule has 2 heterocycles. The number of halogens is 1. The first-order valence-electron chi connectivity index (χ1n) is 8.76. The number of nitrogens with one attached hydrogen (secondary N) is 2. The largest absolute Gasteiger partial charge is 0.444 e. The highest BCUT2D eigenvalue weighted by atomic mass is 127. The van der Waals surface area contributed by atoms with Gasteiger partial charge in [0.2, 0.25) is 5.89 Å². The molecule has 0 bridgehead atoms. The van der Waals surface area contributed by atoms with Gasteiger partial charge in [0.1, 0.15) is 5.60 Å². The maximum absolute atomic E-state index is 11.9. The normalized spacial score (nSPS) is 15.7. The summed E-state index contributed by atoms with van der Waals surface area (Å²) in [6.45, 7) is 13.2. The summed E-state index contributed by atoms with van der Waals surface area (Å²) in [5.74, 6) is 1.80. The topological polar surface area (TPSA) is 105 Å². The predicted molar refractivity (Wildman–Crippen MR) is 113 cm³/mol. The number of hydrogen-bond donors (Lipinski definition) is 2. The Morgan fingerprint density at radius 2 is 1.93 bits per heavy atom. The van der Waals surface area contributed by atoms with E-state index in [0.717, 1.165) is 0 Å². The predicted octanol–water partition coefficient (Wildman–Crippen LogP) is 2.27. The van der Waals surface area contributed by atoms with Gasteiger partial charge in [0, 0.05) is 25.6 Å². The third-order valence-corrected chi connectivity index (χ3v) is 3.62. The zero-order valence-electron chi connectivity index (χ0n) is 17.1. The molecule has 2 rings (SSSR count). The Labute approximate surface area is 177 Å². The lowest BCUT2D eigenvalue weighted by molar-refractivity contribution is 0.00701. The third kappa shape index (κ3) is 7.15. The van der Waals surface area contributed by atoms with E-state index in [1.54, 1.807) is 11.9 Å². The number of likely N-dealkylation sites (tertiary alicyclic amines) is 1. The fourth-order valence-electron chi connectivity index (χ4n) is 2.23. The third-order valence-electron chi connectivity index (χ3n) is 3.62. The highest BCUT2D eigenvalue weighted by molar-refractivity contribution is 14.0. The van der Waals surface area contributed by atoms with E-state index in [1.807, 2.05) is 41.5 Å². The fraction of sp³-hybridized carbons (Fsp3) is 0.765. The van der Waals surface area contributed by atoms with Gasteiger partial charge in [-0.1, -0.05) is 25.9 Å². The van der Waals surface area contributed by atoms with E-state index >= 15 is 0 Å². The van der Waals surface area contributed by atoms with Crippen LogP contribution in [0.5, 0.6) is 0 Å². The first-order valence-corrected chi connectivity index (χ1v) is 8.76. The summed E-state index contributed by atoms with van der Waals surface area (Å²) in [7, 11) is 1.69. The van der Waals surface area contributed by atoms with E-state index in [2.05, 4.69) is 25.8 Å². The first-order chi connectivity index (χ1) is 12.0. The van der Waals surface area contributed by atoms with Crippen molar-refractivity contribution >= 4 is 36.0 Å². The number of aliphatic imine (C=N–C) groups is 1. The molecule has 0 spiro atoms. The van der Waals surface area contributed by atoms with Gasteiger partial charge >= 0.3 is 6.09 Å². The number of ether oxygens (including phenoxy) is 1. The van der Waals surface area contributed by atoms with Crippen molar-refractivity contribution in [1.29, 1.82) is 0 Å². The van der Waals surface area contributed by atoms with Crippen LogP contribution in [0.4, 0.5) is 4.79 Å². The Kier molecular flexibility index (Phi) is 7.87. The fourth-order valence-corrected chi connectivity index (χ4v) is 2.23. The van der Waals surface area contributed by atoms with E-state index in [0.29, 0.717) is 37.3 Å². The highest BCUT2D eigenvalue weighted by Gasteiger charge is 2.34. The Bertz CT molecular complexity index is 656. The second kappa shape index (κ2) is 9.07. The Morgan fingerprint density at radius 3 is 2.41 bits per heavy atom. The van der Waals surface area contributed by atoms with Crippen LogP contribution in [0, 0.1) is 0 Å².